The Labute approximate surface area is 126 Å². The van der Waals surface area contributed by atoms with Crippen LogP contribution in [0.15, 0.2) is 17.0 Å². The second kappa shape index (κ2) is 6.77. The van der Waals surface area contributed by atoms with Gasteiger partial charge in [0.1, 0.15) is 11.3 Å². The third-order valence-electron chi connectivity index (χ3n) is 3.36. The summed E-state index contributed by atoms with van der Waals surface area (Å²) < 4.78 is 5.12. The van der Waals surface area contributed by atoms with Crippen LogP contribution >= 0.6 is 11.8 Å². The summed E-state index contributed by atoms with van der Waals surface area (Å²) in [5.74, 6) is 0.367. The first-order valence-electron chi connectivity index (χ1n) is 6.46. The van der Waals surface area contributed by atoms with Crippen LogP contribution in [0, 0.1) is 16.0 Å². The monoisotopic (exact) mass is 311 g/mol. The number of ether oxygens (including phenoxy) is 1. The number of methoxy groups -OCH3 is 1. The number of nitro groups is 1. The lowest BCUT2D eigenvalue weighted by Gasteiger charge is -2.27. The minimum absolute atomic E-state index is 0.0671. The second-order valence-electron chi connectivity index (χ2n) is 4.72. The molecule has 1 saturated heterocycles. The van der Waals surface area contributed by atoms with Gasteiger partial charge in [0.2, 0.25) is 0 Å². The summed E-state index contributed by atoms with van der Waals surface area (Å²) in [4.78, 5) is 23.5. The topological polar surface area (TPSA) is 93.5 Å². The lowest BCUT2D eigenvalue weighted by atomic mass is 10.0. The van der Waals surface area contributed by atoms with E-state index < -0.39 is 10.8 Å². The normalized spacial score (nSPS) is 14.4. The van der Waals surface area contributed by atoms with E-state index in [-0.39, 0.29) is 11.3 Å². The maximum Gasteiger partial charge on any atom is 0.285 e. The van der Waals surface area contributed by atoms with Crippen molar-refractivity contribution in [3.63, 3.8) is 0 Å². The second-order valence-corrected chi connectivity index (χ2v) is 5.56. The molecule has 1 fully saturated rings. The highest BCUT2D eigenvalue weighted by molar-refractivity contribution is 7.98. The maximum absolute atomic E-state index is 12.2. The molecule has 1 aromatic carbocycles. The van der Waals surface area contributed by atoms with Crippen molar-refractivity contribution in [2.75, 3.05) is 33.0 Å². The van der Waals surface area contributed by atoms with Gasteiger partial charge in [-0.2, -0.15) is 0 Å². The molecule has 1 aromatic rings. The van der Waals surface area contributed by atoms with E-state index in [4.69, 9.17) is 4.74 Å². The van der Waals surface area contributed by atoms with Crippen molar-refractivity contribution in [2.24, 2.45) is 5.92 Å². The fourth-order valence-electron chi connectivity index (χ4n) is 2.03. The molecule has 8 heteroatoms. The minimum atomic E-state index is -0.563. The summed E-state index contributed by atoms with van der Waals surface area (Å²) in [6.45, 7) is 2.24. The Bertz CT molecular complexity index is 561. The molecule has 1 heterocycles. The molecule has 0 spiro atoms. The van der Waals surface area contributed by atoms with Gasteiger partial charge in [-0.05, 0) is 12.3 Å². The molecule has 0 bridgehead atoms. The number of thioether (sulfide) groups is 1. The van der Waals surface area contributed by atoms with Gasteiger partial charge in [0.05, 0.1) is 23.0 Å². The van der Waals surface area contributed by atoms with Gasteiger partial charge in [-0.1, -0.05) is 0 Å². The predicted molar refractivity (Wildman–Crippen MR) is 80.1 cm³/mol. The number of hydrogen-bond acceptors (Lipinski definition) is 6. The molecule has 0 aliphatic carbocycles. The van der Waals surface area contributed by atoms with Crippen LogP contribution < -0.4 is 15.4 Å². The molecule has 7 nitrogen and oxygen atoms in total. The van der Waals surface area contributed by atoms with Crippen molar-refractivity contribution in [3.05, 3.63) is 27.8 Å². The van der Waals surface area contributed by atoms with Crippen LogP contribution in [0.2, 0.25) is 0 Å². The van der Waals surface area contributed by atoms with Crippen LogP contribution in [0.1, 0.15) is 10.4 Å². The van der Waals surface area contributed by atoms with Crippen molar-refractivity contribution >= 4 is 23.4 Å². The van der Waals surface area contributed by atoms with E-state index in [9.17, 15) is 14.9 Å². The first-order chi connectivity index (χ1) is 10.1. The van der Waals surface area contributed by atoms with Crippen molar-refractivity contribution in [1.82, 2.24) is 10.6 Å². The van der Waals surface area contributed by atoms with Gasteiger partial charge < -0.3 is 15.4 Å². The van der Waals surface area contributed by atoms with E-state index in [1.807, 2.05) is 6.26 Å². The zero-order chi connectivity index (χ0) is 15.4. The molecule has 0 saturated carbocycles. The first kappa shape index (κ1) is 15.6. The largest absolute Gasteiger partial charge is 0.495 e. The van der Waals surface area contributed by atoms with Gasteiger partial charge in [0, 0.05) is 25.6 Å². The summed E-state index contributed by atoms with van der Waals surface area (Å²) >= 11 is 1.37. The van der Waals surface area contributed by atoms with Gasteiger partial charge in [-0.3, -0.25) is 14.9 Å². The summed E-state index contributed by atoms with van der Waals surface area (Å²) in [5, 5.41) is 17.0. The molecular weight excluding hydrogens is 294 g/mol. The molecule has 1 aliphatic rings. The third kappa shape index (κ3) is 3.45. The number of carbonyl (C=O) groups is 1. The quantitative estimate of drug-likeness (QED) is 0.467. The number of carbonyl (C=O) groups excluding carboxylic acids is 1. The molecule has 0 aromatic heterocycles. The number of hydrogen-bond donors (Lipinski definition) is 2. The van der Waals surface area contributed by atoms with Gasteiger partial charge in [-0.25, -0.2) is 0 Å². The summed E-state index contributed by atoms with van der Waals surface area (Å²) in [7, 11) is 1.45. The number of nitrogens with one attached hydrogen (secondary N) is 2. The summed E-state index contributed by atoms with van der Waals surface area (Å²) in [6.07, 6.45) is 1.82. The lowest BCUT2D eigenvalue weighted by Crippen LogP contribution is -2.48. The Balaban J connectivity index is 2.26. The van der Waals surface area contributed by atoms with E-state index in [2.05, 4.69) is 10.6 Å². The minimum Gasteiger partial charge on any atom is -0.495 e. The number of nitrogens with zero attached hydrogens (tertiary/aromatic N) is 1. The van der Waals surface area contributed by atoms with Gasteiger partial charge in [0.25, 0.3) is 11.6 Å². The zero-order valence-corrected chi connectivity index (χ0v) is 12.7. The van der Waals surface area contributed by atoms with Crippen LogP contribution in [0.3, 0.4) is 0 Å². The van der Waals surface area contributed by atoms with E-state index in [0.717, 1.165) is 13.1 Å². The average Bonchev–Trinajstić information content (AvgIpc) is 2.43. The van der Waals surface area contributed by atoms with Crippen molar-refractivity contribution < 1.29 is 14.5 Å². The lowest BCUT2D eigenvalue weighted by molar-refractivity contribution is -0.385. The van der Waals surface area contributed by atoms with Gasteiger partial charge in [0.15, 0.2) is 0 Å². The first-order valence-corrected chi connectivity index (χ1v) is 7.68. The number of benzene rings is 1. The highest BCUT2D eigenvalue weighted by Gasteiger charge is 2.25. The smallest absolute Gasteiger partial charge is 0.285 e. The molecule has 0 unspecified atom stereocenters. The van der Waals surface area contributed by atoms with Crippen LogP contribution in [0.25, 0.3) is 0 Å². The Kier molecular flexibility index (Phi) is 5.03. The molecule has 21 heavy (non-hydrogen) atoms. The molecule has 0 atom stereocenters. The number of rotatable bonds is 6. The van der Waals surface area contributed by atoms with Crippen LogP contribution in [-0.2, 0) is 0 Å². The van der Waals surface area contributed by atoms with Crippen molar-refractivity contribution in [1.29, 1.82) is 0 Å². The third-order valence-corrected chi connectivity index (χ3v) is 4.12. The van der Waals surface area contributed by atoms with E-state index >= 15 is 0 Å². The molecule has 1 amide bonds. The maximum atomic E-state index is 12.2. The zero-order valence-electron chi connectivity index (χ0n) is 11.8. The SMILES string of the molecule is COc1cc([N+](=O)[O-])c(C(=O)NCC2CNC2)cc1SC. The highest BCUT2D eigenvalue weighted by Crippen LogP contribution is 2.34. The van der Waals surface area contributed by atoms with Crippen LogP contribution in [-0.4, -0.2) is 43.8 Å². The molecular formula is C13H17N3O4S. The molecule has 2 N–H and O–H groups in total. The Morgan fingerprint density at radius 2 is 2.29 bits per heavy atom. The number of nitro benzene ring substituents is 1. The van der Waals surface area contributed by atoms with Gasteiger partial charge >= 0.3 is 0 Å². The summed E-state index contributed by atoms with van der Waals surface area (Å²) in [5.41, 5.74) is -0.175. The summed E-state index contributed by atoms with van der Waals surface area (Å²) in [6, 6.07) is 2.81. The van der Waals surface area contributed by atoms with Crippen LogP contribution in [0.5, 0.6) is 5.75 Å². The molecule has 114 valence electrons. The Morgan fingerprint density at radius 1 is 1.57 bits per heavy atom. The number of amides is 1. The fourth-order valence-corrected chi connectivity index (χ4v) is 2.61. The Hall–Kier alpha value is -1.80. The van der Waals surface area contributed by atoms with E-state index in [0.29, 0.717) is 23.1 Å². The van der Waals surface area contributed by atoms with E-state index in [1.165, 1.54) is 31.0 Å². The highest BCUT2D eigenvalue weighted by atomic mass is 32.2. The van der Waals surface area contributed by atoms with Crippen molar-refractivity contribution in [3.8, 4) is 5.75 Å². The van der Waals surface area contributed by atoms with Crippen molar-refractivity contribution in [2.45, 2.75) is 4.90 Å². The molecule has 0 radical (unpaired) electrons. The average molecular weight is 311 g/mol. The van der Waals surface area contributed by atoms with Crippen LogP contribution in [0.4, 0.5) is 5.69 Å². The predicted octanol–water partition coefficient (Wildman–Crippen LogP) is 1.27. The van der Waals surface area contributed by atoms with Gasteiger partial charge in [-0.15, -0.1) is 11.8 Å². The fraction of sp³-hybridized carbons (Fsp3) is 0.462. The van der Waals surface area contributed by atoms with E-state index in [1.54, 1.807) is 0 Å². The molecule has 1 aliphatic heterocycles. The Morgan fingerprint density at radius 3 is 2.76 bits per heavy atom. The molecule has 2 rings (SSSR count). The standard InChI is InChI=1S/C13H17N3O4S/c1-20-11-4-10(16(18)19)9(3-12(11)21-2)13(17)15-7-8-5-14-6-8/h3-4,8,14H,5-7H2,1-2H3,(H,15,17).